The lowest BCUT2D eigenvalue weighted by atomic mass is 10.6. The van der Waals surface area contributed by atoms with Crippen LogP contribution in [0.25, 0.3) is 11.2 Å². The number of hydrogen-bond donors (Lipinski definition) is 2. The highest BCUT2D eigenvalue weighted by molar-refractivity contribution is 6.35. The fourth-order valence-corrected chi connectivity index (χ4v) is 1.61. The van der Waals surface area contributed by atoms with E-state index in [1.807, 2.05) is 0 Å². The zero-order valence-electron chi connectivity index (χ0n) is 6.05. The van der Waals surface area contributed by atoms with Gasteiger partial charge >= 0.3 is 5.28 Å². The molecule has 3 N–H and O–H groups in total. The summed E-state index contributed by atoms with van der Waals surface area (Å²) in [6, 6.07) is 0. The van der Waals surface area contributed by atoms with Crippen molar-refractivity contribution in [1.29, 1.82) is 0 Å². The van der Waals surface area contributed by atoms with Gasteiger partial charge in [0.2, 0.25) is 5.28 Å². The molecule has 0 radical (unpaired) electrons. The molecule has 0 spiro atoms. The van der Waals surface area contributed by atoms with E-state index in [1.165, 1.54) is 0 Å². The molecule has 0 aliphatic rings. The third-order valence-corrected chi connectivity index (χ3v) is 2.20. The van der Waals surface area contributed by atoms with Crippen molar-refractivity contribution in [2.45, 2.75) is 0 Å². The number of imidazole rings is 1. The van der Waals surface area contributed by atoms with Crippen LogP contribution in [0.3, 0.4) is 0 Å². The summed E-state index contributed by atoms with van der Waals surface area (Å²) in [4.78, 5) is 10.3. The molecular formula is C5H3Cl3N5+. The van der Waals surface area contributed by atoms with E-state index in [2.05, 4.69) is 15.0 Å². The van der Waals surface area contributed by atoms with Crippen LogP contribution in [0.2, 0.25) is 15.7 Å². The van der Waals surface area contributed by atoms with Crippen LogP contribution in [0.1, 0.15) is 0 Å². The quantitative estimate of drug-likeness (QED) is 0.236. The number of H-pyrrole nitrogens is 1. The molecule has 2 aromatic rings. The molecule has 0 amide bonds. The van der Waals surface area contributed by atoms with Crippen LogP contribution >= 0.6 is 34.8 Å². The summed E-state index contributed by atoms with van der Waals surface area (Å²) < 4.78 is 1.15. The van der Waals surface area contributed by atoms with Crippen LogP contribution in [0.4, 0.5) is 0 Å². The van der Waals surface area contributed by atoms with Crippen molar-refractivity contribution in [1.82, 2.24) is 15.0 Å². The number of nitrogens with zero attached hydrogens (tertiary/aromatic N) is 3. The second kappa shape index (κ2) is 2.87. The number of nitrogens with one attached hydrogen (secondary N) is 1. The number of fused-ring (bicyclic) bond motifs is 1. The minimum Gasteiger partial charge on any atom is -0.267 e. The fourth-order valence-electron chi connectivity index (χ4n) is 0.959. The molecule has 0 fully saturated rings. The molecule has 0 atom stereocenters. The monoisotopic (exact) mass is 238 g/mol. The largest absolute Gasteiger partial charge is 0.378 e. The number of nitrogen functional groups attached to an aromatic ring is 1. The van der Waals surface area contributed by atoms with E-state index < -0.39 is 0 Å². The van der Waals surface area contributed by atoms with E-state index in [-0.39, 0.29) is 15.7 Å². The maximum Gasteiger partial charge on any atom is 0.378 e. The summed E-state index contributed by atoms with van der Waals surface area (Å²) >= 11 is 17.0. The predicted octanol–water partition coefficient (Wildman–Crippen LogP) is 0.919. The second-order valence-electron chi connectivity index (χ2n) is 2.27. The molecule has 0 saturated carbocycles. The third kappa shape index (κ3) is 1.29. The number of nitrogens with two attached hydrogens (primary N) is 1. The summed E-state index contributed by atoms with van der Waals surface area (Å²) in [6.07, 6.45) is 0. The topological polar surface area (TPSA) is 71.5 Å². The fraction of sp³-hybridized carbons (Fsp3) is 0. The molecule has 0 aromatic carbocycles. The first kappa shape index (κ1) is 8.80. The Labute approximate surface area is 87.4 Å². The van der Waals surface area contributed by atoms with Crippen molar-refractivity contribution in [3.63, 3.8) is 0 Å². The van der Waals surface area contributed by atoms with Crippen molar-refractivity contribution in [3.8, 4) is 0 Å². The smallest absolute Gasteiger partial charge is 0.267 e. The number of aromatic nitrogens is 4. The molecule has 0 saturated heterocycles. The van der Waals surface area contributed by atoms with Crippen molar-refractivity contribution in [2.75, 3.05) is 5.84 Å². The Morgan fingerprint density at radius 3 is 2.62 bits per heavy atom. The van der Waals surface area contributed by atoms with Gasteiger partial charge in [0, 0.05) is 11.6 Å². The number of aromatic amines is 1. The Bertz CT molecular complexity index is 478. The molecular weight excluding hydrogens is 236 g/mol. The van der Waals surface area contributed by atoms with Crippen molar-refractivity contribution in [2.24, 2.45) is 0 Å². The minimum absolute atomic E-state index is 0.0380. The van der Waals surface area contributed by atoms with Crippen LogP contribution < -0.4 is 10.5 Å². The first-order valence-corrected chi connectivity index (χ1v) is 4.30. The van der Waals surface area contributed by atoms with Crippen molar-refractivity contribution >= 4 is 46.0 Å². The van der Waals surface area contributed by atoms with E-state index >= 15 is 0 Å². The number of hydrogen-bond acceptors (Lipinski definition) is 3. The van der Waals surface area contributed by atoms with Gasteiger partial charge in [0.25, 0.3) is 11.2 Å². The molecule has 0 unspecified atom stereocenters. The maximum absolute atomic E-state index is 5.77. The SMILES string of the molecule is N[n+]1c(Cl)[nH]c2nc(Cl)nc(Cl)c21. The van der Waals surface area contributed by atoms with Gasteiger partial charge in [-0.2, -0.15) is 4.98 Å². The molecule has 0 aliphatic carbocycles. The Morgan fingerprint density at radius 2 is 1.92 bits per heavy atom. The second-order valence-corrected chi connectivity index (χ2v) is 3.32. The molecule has 0 aliphatic heterocycles. The predicted molar refractivity (Wildman–Crippen MR) is 49.3 cm³/mol. The highest BCUT2D eigenvalue weighted by atomic mass is 35.5. The maximum atomic E-state index is 5.77. The summed E-state index contributed by atoms with van der Waals surface area (Å²) in [7, 11) is 0. The molecule has 2 rings (SSSR count). The van der Waals surface area contributed by atoms with Crippen molar-refractivity contribution < 1.29 is 4.68 Å². The van der Waals surface area contributed by atoms with E-state index in [9.17, 15) is 0 Å². The van der Waals surface area contributed by atoms with Crippen molar-refractivity contribution in [3.05, 3.63) is 15.7 Å². The first-order valence-electron chi connectivity index (χ1n) is 3.17. The van der Waals surface area contributed by atoms with Crippen LogP contribution in [-0.2, 0) is 0 Å². The Morgan fingerprint density at radius 1 is 1.23 bits per heavy atom. The molecule has 0 bridgehead atoms. The van der Waals surface area contributed by atoms with Gasteiger partial charge in [0.1, 0.15) is 0 Å². The summed E-state index contributed by atoms with van der Waals surface area (Å²) in [5.74, 6) is 5.54. The minimum atomic E-state index is 0.0380. The molecule has 5 nitrogen and oxygen atoms in total. The highest BCUT2D eigenvalue weighted by Crippen LogP contribution is 2.18. The van der Waals surface area contributed by atoms with Crippen LogP contribution in [0, 0.1) is 0 Å². The Hall–Kier alpha value is -0.780. The molecule has 2 aromatic heterocycles. The molecule has 2 heterocycles. The van der Waals surface area contributed by atoms with E-state index in [0.29, 0.717) is 11.2 Å². The van der Waals surface area contributed by atoms with Gasteiger partial charge in [-0.1, -0.05) is 11.6 Å². The van der Waals surface area contributed by atoms with Crippen LogP contribution in [-0.4, -0.2) is 15.0 Å². The normalized spacial score (nSPS) is 11.0. The van der Waals surface area contributed by atoms with Gasteiger partial charge in [-0.25, -0.2) is 9.97 Å². The van der Waals surface area contributed by atoms with Crippen LogP contribution in [0.5, 0.6) is 0 Å². The number of rotatable bonds is 0. The van der Waals surface area contributed by atoms with Gasteiger partial charge in [0.05, 0.1) is 0 Å². The summed E-state index contributed by atoms with van der Waals surface area (Å²) in [6.45, 7) is 0. The van der Waals surface area contributed by atoms with Gasteiger partial charge in [-0.15, -0.1) is 4.68 Å². The third-order valence-electron chi connectivity index (χ3n) is 1.49. The lowest BCUT2D eigenvalue weighted by Gasteiger charge is -1.90. The van der Waals surface area contributed by atoms with Gasteiger partial charge in [-0.05, 0) is 11.6 Å². The summed E-state index contributed by atoms with van der Waals surface area (Å²) in [5.41, 5.74) is 0.813. The molecule has 13 heavy (non-hydrogen) atoms. The number of halogens is 3. The van der Waals surface area contributed by atoms with Gasteiger partial charge in [0.15, 0.2) is 5.15 Å². The lowest BCUT2D eigenvalue weighted by molar-refractivity contribution is -0.608. The molecule has 8 heteroatoms. The molecule has 68 valence electrons. The standard InChI is InChI=1S/C5H2Cl3N5/c6-2-1-3(11-4(7)10-2)12-5(8)13(1)9/h9H2/p+1. The van der Waals surface area contributed by atoms with Gasteiger partial charge < -0.3 is 0 Å². The van der Waals surface area contributed by atoms with Gasteiger partial charge in [-0.3, -0.25) is 5.84 Å². The average molecular weight is 239 g/mol. The Balaban J connectivity index is 2.94. The van der Waals surface area contributed by atoms with E-state index in [4.69, 9.17) is 40.6 Å². The van der Waals surface area contributed by atoms with E-state index in [0.717, 1.165) is 4.68 Å². The first-order chi connectivity index (χ1) is 6.09. The highest BCUT2D eigenvalue weighted by Gasteiger charge is 2.20. The summed E-state index contributed by atoms with van der Waals surface area (Å²) in [5, 5.41) is 0.394. The lowest BCUT2D eigenvalue weighted by Crippen LogP contribution is -2.44. The average Bonchev–Trinajstić information content (AvgIpc) is 2.27. The zero-order valence-corrected chi connectivity index (χ0v) is 8.32. The van der Waals surface area contributed by atoms with E-state index in [1.54, 1.807) is 0 Å². The van der Waals surface area contributed by atoms with Crippen LogP contribution in [0.15, 0.2) is 0 Å². The Kier molecular flexibility index (Phi) is 1.94. The zero-order chi connectivity index (χ0) is 9.59.